The van der Waals surface area contributed by atoms with Crippen molar-refractivity contribution in [1.29, 1.82) is 5.41 Å². The lowest BCUT2D eigenvalue weighted by Crippen LogP contribution is -2.53. The lowest BCUT2D eigenvalue weighted by molar-refractivity contribution is -0.0197. The van der Waals surface area contributed by atoms with Crippen molar-refractivity contribution in [2.45, 2.75) is 5.60 Å². The van der Waals surface area contributed by atoms with Crippen LogP contribution < -0.4 is 20.1 Å². The van der Waals surface area contributed by atoms with Crippen LogP contribution in [0.15, 0.2) is 54.6 Å². The molecule has 2 aromatic rings. The molecule has 2 aromatic carbocycles. The van der Waals surface area contributed by atoms with Crippen molar-refractivity contribution in [2.24, 2.45) is 5.73 Å². The number of nitrogens with zero attached hydrogens (tertiary/aromatic N) is 1. The Kier molecular flexibility index (Phi) is 4.08. The van der Waals surface area contributed by atoms with Crippen LogP contribution in [0.25, 0.3) is 0 Å². The first-order chi connectivity index (χ1) is 11.1. The molecule has 0 bridgehead atoms. The zero-order valence-corrected chi connectivity index (χ0v) is 12.6. The predicted octanol–water partition coefficient (Wildman–Crippen LogP) is 1.59. The highest BCUT2D eigenvalue weighted by molar-refractivity contribution is 5.92. The van der Waals surface area contributed by atoms with Gasteiger partial charge in [0.2, 0.25) is 0 Å². The molecule has 0 radical (unpaired) electrons. The third kappa shape index (κ3) is 3.37. The molecule has 120 valence electrons. The van der Waals surface area contributed by atoms with E-state index in [-0.39, 0.29) is 25.7 Å². The molecule has 0 spiro atoms. The van der Waals surface area contributed by atoms with E-state index in [1.807, 2.05) is 42.5 Å². The van der Waals surface area contributed by atoms with Crippen molar-refractivity contribution in [1.82, 2.24) is 0 Å². The maximum atomic E-state index is 10.9. The number of para-hydroxylation sites is 3. The summed E-state index contributed by atoms with van der Waals surface area (Å²) >= 11 is 0. The minimum absolute atomic E-state index is 0.0562. The Balaban J connectivity index is 1.79. The van der Waals surface area contributed by atoms with Gasteiger partial charge in [-0.25, -0.2) is 0 Å². The molecule has 23 heavy (non-hydrogen) atoms. The minimum Gasteiger partial charge on any atom is -0.486 e. The topological polar surface area (TPSA) is 91.8 Å². The second kappa shape index (κ2) is 6.18. The summed E-state index contributed by atoms with van der Waals surface area (Å²) in [6, 6.07) is 16.5. The van der Waals surface area contributed by atoms with Crippen LogP contribution in [0.4, 0.5) is 5.69 Å². The number of hydrogen-bond acceptors (Lipinski definition) is 4. The number of nitrogens with one attached hydrogen (secondary N) is 1. The number of fused-ring (bicyclic) bond motifs is 1. The molecule has 1 aliphatic heterocycles. The van der Waals surface area contributed by atoms with Crippen LogP contribution in [-0.2, 0) is 0 Å². The zero-order chi connectivity index (χ0) is 16.3. The Morgan fingerprint density at radius 1 is 1.04 bits per heavy atom. The van der Waals surface area contributed by atoms with E-state index in [9.17, 15) is 5.11 Å². The fraction of sp³-hybridized carbons (Fsp3) is 0.235. The molecule has 0 saturated heterocycles. The molecule has 6 nitrogen and oxygen atoms in total. The molecular weight excluding hydrogens is 294 g/mol. The third-order valence-electron chi connectivity index (χ3n) is 3.65. The third-order valence-corrected chi connectivity index (χ3v) is 3.65. The van der Waals surface area contributed by atoms with Crippen LogP contribution in [0.3, 0.4) is 0 Å². The average molecular weight is 313 g/mol. The second-order valence-corrected chi connectivity index (χ2v) is 5.56. The highest BCUT2D eigenvalue weighted by Crippen LogP contribution is 2.31. The number of guanidine groups is 1. The van der Waals surface area contributed by atoms with Gasteiger partial charge in [0.15, 0.2) is 23.1 Å². The smallest absolute Gasteiger partial charge is 0.193 e. The standard InChI is InChI=1S/C17H19N3O3/c18-16(19)20(13-6-2-1-3-7-13)10-17(21)11-22-14-8-4-5-9-15(14)23-12-17/h1-9,21H,10-12H2,(H3,18,19). The van der Waals surface area contributed by atoms with Gasteiger partial charge in [0.05, 0.1) is 6.54 Å². The summed E-state index contributed by atoms with van der Waals surface area (Å²) in [5, 5.41) is 18.6. The lowest BCUT2D eigenvalue weighted by Gasteiger charge is -2.32. The number of anilines is 1. The van der Waals surface area contributed by atoms with E-state index < -0.39 is 5.60 Å². The summed E-state index contributed by atoms with van der Waals surface area (Å²) in [7, 11) is 0. The van der Waals surface area contributed by atoms with Crippen molar-refractivity contribution >= 4 is 11.6 Å². The van der Waals surface area contributed by atoms with E-state index in [1.165, 1.54) is 4.90 Å². The van der Waals surface area contributed by atoms with E-state index in [4.69, 9.17) is 20.6 Å². The normalized spacial score (nSPS) is 15.5. The summed E-state index contributed by atoms with van der Waals surface area (Å²) in [6.45, 7) is 0.210. The van der Waals surface area contributed by atoms with Crippen molar-refractivity contribution in [3.63, 3.8) is 0 Å². The van der Waals surface area contributed by atoms with E-state index in [0.29, 0.717) is 11.5 Å². The molecule has 0 saturated carbocycles. The first-order valence-electron chi connectivity index (χ1n) is 7.31. The Labute approximate surface area is 134 Å². The van der Waals surface area contributed by atoms with Crippen molar-refractivity contribution in [3.05, 3.63) is 54.6 Å². The van der Waals surface area contributed by atoms with Crippen LogP contribution in [0.1, 0.15) is 0 Å². The van der Waals surface area contributed by atoms with Crippen LogP contribution in [0, 0.1) is 5.41 Å². The SMILES string of the molecule is N=C(N)N(CC1(O)COc2ccccc2OC1)c1ccccc1. The van der Waals surface area contributed by atoms with Gasteiger partial charge in [-0.2, -0.15) is 0 Å². The highest BCUT2D eigenvalue weighted by atomic mass is 16.6. The molecule has 4 N–H and O–H groups in total. The molecule has 0 unspecified atom stereocenters. The zero-order valence-electron chi connectivity index (χ0n) is 12.6. The predicted molar refractivity (Wildman–Crippen MR) is 88.1 cm³/mol. The van der Waals surface area contributed by atoms with E-state index >= 15 is 0 Å². The van der Waals surface area contributed by atoms with Crippen LogP contribution >= 0.6 is 0 Å². The van der Waals surface area contributed by atoms with E-state index in [1.54, 1.807) is 12.1 Å². The molecule has 0 atom stereocenters. The first kappa shape index (κ1) is 15.2. The summed E-state index contributed by atoms with van der Waals surface area (Å²) < 4.78 is 11.3. The fourth-order valence-electron chi connectivity index (χ4n) is 2.46. The van der Waals surface area contributed by atoms with Crippen LogP contribution in [-0.4, -0.2) is 36.4 Å². The molecule has 0 amide bonds. The molecular formula is C17H19N3O3. The Morgan fingerprint density at radius 2 is 1.57 bits per heavy atom. The Morgan fingerprint density at radius 3 is 2.09 bits per heavy atom. The quantitative estimate of drug-likeness (QED) is 0.591. The number of aliphatic hydroxyl groups is 1. The molecule has 6 heteroatoms. The van der Waals surface area contributed by atoms with Crippen LogP contribution in [0.5, 0.6) is 11.5 Å². The average Bonchev–Trinajstić information content (AvgIpc) is 2.74. The number of rotatable bonds is 3. The maximum absolute atomic E-state index is 10.9. The van der Waals surface area contributed by atoms with Gasteiger partial charge in [0.25, 0.3) is 0 Å². The van der Waals surface area contributed by atoms with E-state index in [2.05, 4.69) is 0 Å². The summed E-state index contributed by atoms with van der Waals surface area (Å²) in [5.41, 5.74) is 5.13. The lowest BCUT2D eigenvalue weighted by atomic mass is 10.1. The van der Waals surface area contributed by atoms with Gasteiger partial charge in [-0.1, -0.05) is 30.3 Å². The van der Waals surface area contributed by atoms with Gasteiger partial charge in [0, 0.05) is 5.69 Å². The van der Waals surface area contributed by atoms with Gasteiger partial charge >= 0.3 is 0 Å². The fourth-order valence-corrected chi connectivity index (χ4v) is 2.46. The van der Waals surface area contributed by atoms with Gasteiger partial charge in [-0.3, -0.25) is 5.41 Å². The number of benzene rings is 2. The van der Waals surface area contributed by atoms with Crippen molar-refractivity contribution in [2.75, 3.05) is 24.7 Å². The second-order valence-electron chi connectivity index (χ2n) is 5.56. The van der Waals surface area contributed by atoms with Crippen LogP contribution in [0.2, 0.25) is 0 Å². The Hall–Kier alpha value is -2.73. The van der Waals surface area contributed by atoms with E-state index in [0.717, 1.165) is 5.69 Å². The molecule has 3 rings (SSSR count). The minimum atomic E-state index is -1.29. The number of ether oxygens (including phenoxy) is 2. The van der Waals surface area contributed by atoms with Gasteiger partial charge in [0.1, 0.15) is 13.2 Å². The molecule has 1 aliphatic rings. The molecule has 1 heterocycles. The van der Waals surface area contributed by atoms with Gasteiger partial charge in [-0.05, 0) is 24.3 Å². The largest absolute Gasteiger partial charge is 0.486 e. The number of hydrogen-bond donors (Lipinski definition) is 3. The van der Waals surface area contributed by atoms with Crippen molar-refractivity contribution < 1.29 is 14.6 Å². The van der Waals surface area contributed by atoms with Crippen molar-refractivity contribution in [3.8, 4) is 11.5 Å². The highest BCUT2D eigenvalue weighted by Gasteiger charge is 2.35. The first-order valence-corrected chi connectivity index (χ1v) is 7.31. The van der Waals surface area contributed by atoms with Gasteiger partial charge < -0.3 is 25.2 Å². The summed E-state index contributed by atoms with van der Waals surface area (Å²) in [6.07, 6.45) is 0. The maximum Gasteiger partial charge on any atom is 0.193 e. The molecule has 0 aromatic heterocycles. The number of nitrogens with two attached hydrogens (primary N) is 1. The molecule has 0 fully saturated rings. The summed E-state index contributed by atoms with van der Waals surface area (Å²) in [4.78, 5) is 1.53. The van der Waals surface area contributed by atoms with Gasteiger partial charge in [-0.15, -0.1) is 0 Å². The summed E-state index contributed by atoms with van der Waals surface area (Å²) in [5.74, 6) is 1.04. The monoisotopic (exact) mass is 313 g/mol. The molecule has 0 aliphatic carbocycles. The Bertz CT molecular complexity index is 663.